The smallest absolute Gasteiger partial charge is 0.303 e. The summed E-state index contributed by atoms with van der Waals surface area (Å²) in [5.41, 5.74) is 0. The van der Waals surface area contributed by atoms with Crippen molar-refractivity contribution >= 4 is 21.9 Å². The zero-order valence-corrected chi connectivity index (χ0v) is 13.6. The number of primary sulfonamides is 1. The van der Waals surface area contributed by atoms with Gasteiger partial charge in [-0.2, -0.15) is 0 Å². The van der Waals surface area contributed by atoms with Crippen LogP contribution in [-0.2, 0) is 14.8 Å². The molecule has 8 nitrogen and oxygen atoms in total. The first-order valence-electron chi connectivity index (χ1n) is 7.32. The van der Waals surface area contributed by atoms with Crippen molar-refractivity contribution in [2.45, 2.75) is 37.5 Å². The van der Waals surface area contributed by atoms with Crippen LogP contribution in [0, 0.1) is 12.8 Å². The number of nitrogens with zero attached hydrogens (tertiary/aromatic N) is 1. The number of piperidine rings is 1. The number of sulfonamides is 1. The summed E-state index contributed by atoms with van der Waals surface area (Å²) in [5, 5.41) is 13.8. The minimum atomic E-state index is -3.94. The molecule has 2 heterocycles. The highest BCUT2D eigenvalue weighted by Crippen LogP contribution is 2.25. The summed E-state index contributed by atoms with van der Waals surface area (Å²) >= 11 is 0. The molecular formula is C14H20N2O6S. The number of carboxylic acid groups (broad SMARTS) is 1. The largest absolute Gasteiger partial charge is 0.481 e. The van der Waals surface area contributed by atoms with E-state index in [0.29, 0.717) is 19.5 Å². The molecule has 1 amide bonds. The Morgan fingerprint density at radius 1 is 1.48 bits per heavy atom. The molecule has 0 aliphatic carbocycles. The molecule has 23 heavy (non-hydrogen) atoms. The summed E-state index contributed by atoms with van der Waals surface area (Å²) in [7, 11) is -3.94. The Bertz CT molecular complexity index is 709. The first kappa shape index (κ1) is 17.5. The van der Waals surface area contributed by atoms with Crippen LogP contribution in [0.25, 0.3) is 0 Å². The lowest BCUT2D eigenvalue weighted by molar-refractivity contribution is -0.137. The van der Waals surface area contributed by atoms with E-state index < -0.39 is 21.9 Å². The van der Waals surface area contributed by atoms with Crippen LogP contribution >= 0.6 is 0 Å². The lowest BCUT2D eigenvalue weighted by atomic mass is 9.93. The second-order valence-corrected chi connectivity index (χ2v) is 7.30. The number of rotatable bonds is 5. The number of nitrogens with two attached hydrogens (primary N) is 1. The lowest BCUT2D eigenvalue weighted by Crippen LogP contribution is -2.39. The molecule has 1 aromatic rings. The first-order valence-corrected chi connectivity index (χ1v) is 8.87. The van der Waals surface area contributed by atoms with Crippen LogP contribution in [0.15, 0.2) is 15.4 Å². The maximum atomic E-state index is 12.5. The van der Waals surface area contributed by atoms with Gasteiger partial charge < -0.3 is 14.4 Å². The van der Waals surface area contributed by atoms with Gasteiger partial charge in [0.25, 0.3) is 5.91 Å². The Hall–Kier alpha value is -1.87. The molecule has 2 rings (SSSR count). The predicted octanol–water partition coefficient (Wildman–Crippen LogP) is 0.952. The number of amides is 1. The van der Waals surface area contributed by atoms with Crippen LogP contribution in [-0.4, -0.2) is 43.4 Å². The fraction of sp³-hybridized carbons (Fsp3) is 0.571. The summed E-state index contributed by atoms with van der Waals surface area (Å²) in [6, 6.07) is 1.15. The number of aliphatic carboxylic acids is 1. The van der Waals surface area contributed by atoms with Crippen molar-refractivity contribution in [3.05, 3.63) is 17.6 Å². The van der Waals surface area contributed by atoms with E-state index in [1.807, 2.05) is 0 Å². The van der Waals surface area contributed by atoms with Crippen molar-refractivity contribution in [1.82, 2.24) is 4.90 Å². The van der Waals surface area contributed by atoms with E-state index in [9.17, 15) is 18.0 Å². The topological polar surface area (TPSA) is 131 Å². The molecular weight excluding hydrogens is 324 g/mol. The van der Waals surface area contributed by atoms with E-state index in [0.717, 1.165) is 18.9 Å². The standard InChI is InChI=1S/C14H20N2O6S/c1-9-12(23(15,20)21)7-11(22-9)14(19)16-6-2-3-10(8-16)4-5-13(17)18/h7,10H,2-6,8H2,1H3,(H,17,18)(H2,15,20,21). The lowest BCUT2D eigenvalue weighted by Gasteiger charge is -2.32. The third-order valence-electron chi connectivity index (χ3n) is 3.96. The van der Waals surface area contributed by atoms with Gasteiger partial charge in [0.2, 0.25) is 10.0 Å². The minimum absolute atomic E-state index is 0.0644. The fourth-order valence-corrected chi connectivity index (χ4v) is 3.54. The molecule has 3 N–H and O–H groups in total. The summed E-state index contributed by atoms with van der Waals surface area (Å²) < 4.78 is 28.1. The van der Waals surface area contributed by atoms with E-state index in [4.69, 9.17) is 14.7 Å². The normalized spacial score (nSPS) is 18.9. The van der Waals surface area contributed by atoms with Crippen molar-refractivity contribution in [3.8, 4) is 0 Å². The van der Waals surface area contributed by atoms with Crippen LogP contribution in [0.2, 0.25) is 0 Å². The molecule has 9 heteroatoms. The SMILES string of the molecule is Cc1oc(C(=O)N2CCCC(CCC(=O)O)C2)cc1S(N)(=O)=O. The van der Waals surface area contributed by atoms with Crippen molar-refractivity contribution in [2.75, 3.05) is 13.1 Å². The number of carbonyl (C=O) groups is 2. The summed E-state index contributed by atoms with van der Waals surface area (Å²) in [6.45, 7) is 2.41. The van der Waals surface area contributed by atoms with Crippen molar-refractivity contribution in [1.29, 1.82) is 0 Å². The van der Waals surface area contributed by atoms with E-state index in [-0.39, 0.29) is 28.8 Å². The molecule has 0 bridgehead atoms. The number of hydrogen-bond donors (Lipinski definition) is 2. The van der Waals surface area contributed by atoms with E-state index >= 15 is 0 Å². The van der Waals surface area contributed by atoms with Crippen LogP contribution < -0.4 is 5.14 Å². The average Bonchev–Trinajstić information content (AvgIpc) is 2.86. The molecule has 0 radical (unpaired) electrons. The Morgan fingerprint density at radius 2 is 2.17 bits per heavy atom. The number of carbonyl (C=O) groups excluding carboxylic acids is 1. The number of likely N-dealkylation sites (tertiary alicyclic amines) is 1. The fourth-order valence-electron chi connectivity index (χ4n) is 2.82. The first-order chi connectivity index (χ1) is 10.7. The van der Waals surface area contributed by atoms with Gasteiger partial charge in [-0.3, -0.25) is 9.59 Å². The number of hydrogen-bond acceptors (Lipinski definition) is 5. The van der Waals surface area contributed by atoms with Gasteiger partial charge in [0.05, 0.1) is 0 Å². The Balaban J connectivity index is 2.09. The van der Waals surface area contributed by atoms with Crippen LogP contribution in [0.1, 0.15) is 42.0 Å². The van der Waals surface area contributed by atoms with Crippen molar-refractivity contribution in [3.63, 3.8) is 0 Å². The molecule has 1 unspecified atom stereocenters. The molecule has 0 spiro atoms. The average molecular weight is 344 g/mol. The van der Waals surface area contributed by atoms with Crippen LogP contribution in [0.3, 0.4) is 0 Å². The van der Waals surface area contributed by atoms with Gasteiger partial charge in [0, 0.05) is 25.6 Å². The molecule has 0 saturated carbocycles. The monoisotopic (exact) mass is 344 g/mol. The molecule has 1 saturated heterocycles. The molecule has 1 atom stereocenters. The third kappa shape index (κ3) is 4.32. The van der Waals surface area contributed by atoms with E-state index in [1.54, 1.807) is 4.90 Å². The van der Waals surface area contributed by atoms with Gasteiger partial charge >= 0.3 is 5.97 Å². The van der Waals surface area contributed by atoms with Crippen LogP contribution in [0.5, 0.6) is 0 Å². The van der Waals surface area contributed by atoms with Gasteiger partial charge in [-0.05, 0) is 32.1 Å². The van der Waals surface area contributed by atoms with Gasteiger partial charge in [-0.25, -0.2) is 13.6 Å². The van der Waals surface area contributed by atoms with Crippen LogP contribution in [0.4, 0.5) is 0 Å². The maximum Gasteiger partial charge on any atom is 0.303 e. The Labute approximate surface area is 134 Å². The number of furan rings is 1. The van der Waals surface area contributed by atoms with Crippen molar-refractivity contribution in [2.24, 2.45) is 11.1 Å². The van der Waals surface area contributed by atoms with Gasteiger partial charge in [-0.1, -0.05) is 0 Å². The summed E-state index contributed by atoms with van der Waals surface area (Å²) in [6.07, 6.45) is 2.23. The Morgan fingerprint density at radius 3 is 2.74 bits per heavy atom. The highest BCUT2D eigenvalue weighted by atomic mass is 32.2. The van der Waals surface area contributed by atoms with Gasteiger partial charge in [0.15, 0.2) is 5.76 Å². The quantitative estimate of drug-likeness (QED) is 0.817. The molecule has 0 aromatic carbocycles. The predicted molar refractivity (Wildman–Crippen MR) is 80.3 cm³/mol. The summed E-state index contributed by atoms with van der Waals surface area (Å²) in [4.78, 5) is 24.5. The van der Waals surface area contributed by atoms with Gasteiger partial charge in [0.1, 0.15) is 10.7 Å². The van der Waals surface area contributed by atoms with Crippen molar-refractivity contribution < 1.29 is 27.5 Å². The molecule has 128 valence electrons. The van der Waals surface area contributed by atoms with E-state index in [1.165, 1.54) is 6.92 Å². The second-order valence-electron chi connectivity index (χ2n) is 5.77. The number of carboxylic acids is 1. The number of aryl methyl sites for hydroxylation is 1. The highest BCUT2D eigenvalue weighted by Gasteiger charge is 2.28. The summed E-state index contributed by atoms with van der Waals surface area (Å²) in [5.74, 6) is -1.12. The maximum absolute atomic E-state index is 12.5. The molecule has 1 aliphatic rings. The second kappa shape index (κ2) is 6.71. The molecule has 1 fully saturated rings. The van der Waals surface area contributed by atoms with E-state index in [2.05, 4.69) is 0 Å². The Kier molecular flexibility index (Phi) is 5.10. The molecule has 1 aliphatic heterocycles. The van der Waals surface area contributed by atoms with Gasteiger partial charge in [-0.15, -0.1) is 0 Å². The highest BCUT2D eigenvalue weighted by molar-refractivity contribution is 7.89. The third-order valence-corrected chi connectivity index (χ3v) is 4.98. The zero-order chi connectivity index (χ0) is 17.2. The zero-order valence-electron chi connectivity index (χ0n) is 12.8. The minimum Gasteiger partial charge on any atom is -0.481 e. The molecule has 1 aromatic heterocycles.